The van der Waals surface area contributed by atoms with Crippen LogP contribution in [-0.2, 0) is 13.2 Å². The SMILES string of the molecule is COc1ccccc1N1CC[NH+](Cc2cc(=O)c(OCc3cccc(F)c3)co2)CC1. The highest BCUT2D eigenvalue weighted by Crippen LogP contribution is 2.27. The molecule has 2 aromatic carbocycles. The van der Waals surface area contributed by atoms with Gasteiger partial charge in [-0.25, -0.2) is 4.39 Å². The zero-order valence-electron chi connectivity index (χ0n) is 17.5. The van der Waals surface area contributed by atoms with E-state index in [4.69, 9.17) is 13.9 Å². The first kappa shape index (κ1) is 20.9. The monoisotopic (exact) mass is 425 g/mol. The maximum Gasteiger partial charge on any atom is 0.227 e. The maximum absolute atomic E-state index is 13.3. The van der Waals surface area contributed by atoms with Crippen molar-refractivity contribution < 1.29 is 23.2 Å². The summed E-state index contributed by atoms with van der Waals surface area (Å²) in [4.78, 5) is 16.1. The number of nitrogens with zero attached hydrogens (tertiary/aromatic N) is 1. The van der Waals surface area contributed by atoms with Crippen molar-refractivity contribution >= 4 is 5.69 Å². The van der Waals surface area contributed by atoms with Crippen LogP contribution in [0.2, 0.25) is 0 Å². The normalized spacial score (nSPS) is 14.5. The molecule has 0 aliphatic carbocycles. The van der Waals surface area contributed by atoms with Crippen LogP contribution in [0.15, 0.2) is 70.1 Å². The molecule has 2 heterocycles. The summed E-state index contributed by atoms with van der Waals surface area (Å²) in [6.45, 7) is 4.40. The lowest BCUT2D eigenvalue weighted by Gasteiger charge is -2.34. The molecular formula is C24H26FN2O4+. The van der Waals surface area contributed by atoms with Crippen LogP contribution in [0.5, 0.6) is 11.5 Å². The van der Waals surface area contributed by atoms with E-state index >= 15 is 0 Å². The van der Waals surface area contributed by atoms with E-state index in [1.807, 2.05) is 18.2 Å². The summed E-state index contributed by atoms with van der Waals surface area (Å²) in [6, 6.07) is 15.6. The largest absolute Gasteiger partial charge is 0.495 e. The van der Waals surface area contributed by atoms with Crippen LogP contribution in [0, 0.1) is 5.82 Å². The number of halogens is 1. The molecule has 3 aromatic rings. The van der Waals surface area contributed by atoms with Crippen molar-refractivity contribution in [1.29, 1.82) is 0 Å². The molecule has 1 fully saturated rings. The highest BCUT2D eigenvalue weighted by molar-refractivity contribution is 5.58. The Morgan fingerprint density at radius 1 is 1.06 bits per heavy atom. The van der Waals surface area contributed by atoms with Crippen LogP contribution in [-0.4, -0.2) is 33.3 Å². The van der Waals surface area contributed by atoms with Gasteiger partial charge in [-0.15, -0.1) is 0 Å². The Balaban J connectivity index is 1.32. The number of anilines is 1. The summed E-state index contributed by atoms with van der Waals surface area (Å²) in [6.07, 6.45) is 1.35. The standard InChI is InChI=1S/C24H25FN2O4/c1-29-23-8-3-2-7-21(23)27-11-9-26(10-12-27)15-20-14-22(28)24(17-30-20)31-16-18-5-4-6-19(25)13-18/h2-8,13-14,17H,9-12,15-16H2,1H3/p+1. The molecule has 0 saturated carbocycles. The highest BCUT2D eigenvalue weighted by Gasteiger charge is 2.23. The quantitative estimate of drug-likeness (QED) is 0.630. The number of nitrogens with one attached hydrogen (secondary N) is 1. The number of para-hydroxylation sites is 2. The summed E-state index contributed by atoms with van der Waals surface area (Å²) in [7, 11) is 1.69. The smallest absolute Gasteiger partial charge is 0.227 e. The van der Waals surface area contributed by atoms with Gasteiger partial charge >= 0.3 is 0 Å². The molecule has 1 aliphatic heterocycles. The molecule has 1 aromatic heterocycles. The lowest BCUT2D eigenvalue weighted by Crippen LogP contribution is -3.13. The third kappa shape index (κ3) is 5.24. The molecule has 0 atom stereocenters. The second-order valence-corrected chi connectivity index (χ2v) is 7.58. The van der Waals surface area contributed by atoms with E-state index in [2.05, 4.69) is 11.0 Å². The number of methoxy groups -OCH3 is 1. The molecule has 0 amide bonds. The summed E-state index contributed by atoms with van der Waals surface area (Å²) in [5, 5.41) is 0. The molecule has 162 valence electrons. The van der Waals surface area contributed by atoms with Gasteiger partial charge in [-0.1, -0.05) is 24.3 Å². The van der Waals surface area contributed by atoms with Crippen LogP contribution < -0.4 is 24.7 Å². The second-order valence-electron chi connectivity index (χ2n) is 7.58. The lowest BCUT2D eigenvalue weighted by molar-refractivity contribution is -0.915. The summed E-state index contributed by atoms with van der Waals surface area (Å²) in [5.41, 5.74) is 1.53. The van der Waals surface area contributed by atoms with Crippen molar-refractivity contribution in [2.24, 2.45) is 0 Å². The minimum Gasteiger partial charge on any atom is -0.495 e. The van der Waals surface area contributed by atoms with Gasteiger partial charge in [-0.2, -0.15) is 0 Å². The van der Waals surface area contributed by atoms with Gasteiger partial charge in [-0.05, 0) is 29.8 Å². The van der Waals surface area contributed by atoms with Crippen molar-refractivity contribution in [3.8, 4) is 11.5 Å². The molecule has 0 radical (unpaired) electrons. The molecule has 1 saturated heterocycles. The molecule has 31 heavy (non-hydrogen) atoms. The Kier molecular flexibility index (Phi) is 6.52. The second kappa shape index (κ2) is 9.66. The van der Waals surface area contributed by atoms with Crippen molar-refractivity contribution in [3.63, 3.8) is 0 Å². The van der Waals surface area contributed by atoms with Crippen LogP contribution in [0.25, 0.3) is 0 Å². The molecule has 1 N–H and O–H groups in total. The molecule has 0 spiro atoms. The fraction of sp³-hybridized carbons (Fsp3) is 0.292. The van der Waals surface area contributed by atoms with Gasteiger partial charge in [0.15, 0.2) is 5.76 Å². The summed E-state index contributed by atoms with van der Waals surface area (Å²) >= 11 is 0. The zero-order chi connectivity index (χ0) is 21.6. The predicted octanol–water partition coefficient (Wildman–Crippen LogP) is 2.27. The van der Waals surface area contributed by atoms with Gasteiger partial charge in [0.2, 0.25) is 11.2 Å². The minimum atomic E-state index is -0.336. The molecule has 4 rings (SSSR count). The molecular weight excluding hydrogens is 399 g/mol. The Morgan fingerprint density at radius 3 is 2.61 bits per heavy atom. The van der Waals surface area contributed by atoms with Gasteiger partial charge in [0.1, 0.15) is 31.0 Å². The minimum absolute atomic E-state index is 0.109. The van der Waals surface area contributed by atoms with Crippen LogP contribution in [0.1, 0.15) is 11.3 Å². The Labute approximate surface area is 180 Å². The Morgan fingerprint density at radius 2 is 1.87 bits per heavy atom. The van der Waals surface area contributed by atoms with Gasteiger partial charge < -0.3 is 23.7 Å². The lowest BCUT2D eigenvalue weighted by atomic mass is 10.2. The number of benzene rings is 2. The maximum atomic E-state index is 13.3. The van der Waals surface area contributed by atoms with Gasteiger partial charge in [0.25, 0.3) is 0 Å². The molecule has 0 bridgehead atoms. The zero-order valence-corrected chi connectivity index (χ0v) is 17.5. The van der Waals surface area contributed by atoms with Crippen molar-refractivity contribution in [2.45, 2.75) is 13.2 Å². The fourth-order valence-corrected chi connectivity index (χ4v) is 3.80. The third-order valence-electron chi connectivity index (χ3n) is 5.46. The molecule has 0 unspecified atom stereocenters. The first-order valence-electron chi connectivity index (χ1n) is 10.3. The number of piperazine rings is 1. The van der Waals surface area contributed by atoms with E-state index in [0.717, 1.165) is 37.6 Å². The van der Waals surface area contributed by atoms with Crippen LogP contribution >= 0.6 is 0 Å². The average Bonchev–Trinajstić information content (AvgIpc) is 2.79. The topological polar surface area (TPSA) is 56.4 Å². The van der Waals surface area contributed by atoms with E-state index in [-0.39, 0.29) is 23.6 Å². The number of ether oxygens (including phenoxy) is 2. The fourth-order valence-electron chi connectivity index (χ4n) is 3.80. The number of hydrogen-bond donors (Lipinski definition) is 1. The Bertz CT molecular complexity index is 1080. The highest BCUT2D eigenvalue weighted by atomic mass is 19.1. The number of quaternary nitrogens is 1. The predicted molar refractivity (Wildman–Crippen MR) is 115 cm³/mol. The van der Waals surface area contributed by atoms with E-state index in [1.165, 1.54) is 29.4 Å². The van der Waals surface area contributed by atoms with E-state index in [9.17, 15) is 9.18 Å². The van der Waals surface area contributed by atoms with Gasteiger partial charge in [0, 0.05) is 6.07 Å². The molecule has 7 heteroatoms. The van der Waals surface area contributed by atoms with Crippen molar-refractivity contribution in [1.82, 2.24) is 0 Å². The first-order valence-corrected chi connectivity index (χ1v) is 10.3. The van der Waals surface area contributed by atoms with Gasteiger partial charge in [-0.3, -0.25) is 4.79 Å². The Hall–Kier alpha value is -3.32. The summed E-state index contributed by atoms with van der Waals surface area (Å²) < 4.78 is 29.9. The van der Waals surface area contributed by atoms with Crippen LogP contribution in [0.4, 0.5) is 10.1 Å². The van der Waals surface area contributed by atoms with Crippen LogP contribution in [0.3, 0.4) is 0 Å². The van der Waals surface area contributed by atoms with E-state index in [1.54, 1.807) is 19.2 Å². The van der Waals surface area contributed by atoms with E-state index < -0.39 is 0 Å². The molecule has 6 nitrogen and oxygen atoms in total. The van der Waals surface area contributed by atoms with Crippen molar-refractivity contribution in [3.05, 3.63) is 88.2 Å². The molecule has 1 aliphatic rings. The number of hydrogen-bond acceptors (Lipinski definition) is 5. The third-order valence-corrected chi connectivity index (χ3v) is 5.46. The number of rotatable bonds is 7. The first-order chi connectivity index (χ1) is 15.1. The van der Waals surface area contributed by atoms with Crippen molar-refractivity contribution in [2.75, 3.05) is 38.2 Å². The van der Waals surface area contributed by atoms with E-state index in [0.29, 0.717) is 17.9 Å². The van der Waals surface area contributed by atoms with Gasteiger partial charge in [0.05, 0.1) is 39.0 Å². The average molecular weight is 425 g/mol. The summed E-state index contributed by atoms with van der Waals surface area (Å²) in [5.74, 6) is 1.30.